The zero-order chi connectivity index (χ0) is 17.4. The second kappa shape index (κ2) is 6.55. The Morgan fingerprint density at radius 2 is 1.96 bits per heavy atom. The molecule has 1 aliphatic carbocycles. The molecule has 0 aromatic rings. The molecule has 3 rings (SSSR count). The highest BCUT2D eigenvalue weighted by Gasteiger charge is 2.48. The first-order valence-electron chi connectivity index (χ1n) is 8.73. The lowest BCUT2D eigenvalue weighted by Gasteiger charge is -2.54. The Balaban J connectivity index is 1.43. The number of hydrogen-bond donors (Lipinski definition) is 1. The summed E-state index contributed by atoms with van der Waals surface area (Å²) in [7, 11) is -3.12. The number of sulfone groups is 1. The lowest BCUT2D eigenvalue weighted by atomic mass is 9.77. The van der Waals surface area contributed by atoms with Crippen LogP contribution in [-0.4, -0.2) is 91.8 Å². The Morgan fingerprint density at radius 1 is 1.25 bits per heavy atom. The largest absolute Gasteiger partial charge is 0.390 e. The summed E-state index contributed by atoms with van der Waals surface area (Å²) in [6, 6.07) is 0. The van der Waals surface area contributed by atoms with E-state index in [0.717, 1.165) is 51.6 Å². The molecule has 0 aromatic carbocycles. The topological polar surface area (TPSA) is 87.2 Å². The van der Waals surface area contributed by atoms with Crippen molar-refractivity contribution in [2.45, 2.75) is 43.3 Å². The Hall–Kier alpha value is -0.700. The summed E-state index contributed by atoms with van der Waals surface area (Å²) in [6.07, 6.45) is 4.94. The lowest BCUT2D eigenvalue weighted by molar-refractivity contribution is -0.191. The minimum atomic E-state index is -3.12. The van der Waals surface area contributed by atoms with Crippen LogP contribution in [0.5, 0.6) is 0 Å². The maximum atomic E-state index is 12.2. The van der Waals surface area contributed by atoms with Gasteiger partial charge in [-0.2, -0.15) is 0 Å². The summed E-state index contributed by atoms with van der Waals surface area (Å²) in [4.78, 5) is 16.2. The van der Waals surface area contributed by atoms with Crippen molar-refractivity contribution in [1.82, 2.24) is 9.80 Å². The first kappa shape index (κ1) is 18.1. The molecule has 138 valence electrons. The SMILES string of the molecule is CS(=O)(=O)CCC(=O)N1CCOC2(CN(CCC3(O)CCC3)C2)C1. The van der Waals surface area contributed by atoms with Crippen LogP contribution in [-0.2, 0) is 19.4 Å². The van der Waals surface area contributed by atoms with Gasteiger partial charge in [-0.1, -0.05) is 0 Å². The Bertz CT molecular complexity index is 581. The van der Waals surface area contributed by atoms with Gasteiger partial charge in [0.2, 0.25) is 5.91 Å². The quantitative estimate of drug-likeness (QED) is 0.696. The normalized spacial score (nSPS) is 26.0. The van der Waals surface area contributed by atoms with E-state index in [9.17, 15) is 18.3 Å². The summed E-state index contributed by atoms with van der Waals surface area (Å²) >= 11 is 0. The van der Waals surface area contributed by atoms with E-state index in [0.29, 0.717) is 19.7 Å². The molecule has 0 atom stereocenters. The lowest BCUT2D eigenvalue weighted by Crippen LogP contribution is -2.70. The maximum Gasteiger partial charge on any atom is 0.223 e. The maximum absolute atomic E-state index is 12.2. The molecule has 1 N–H and O–H groups in total. The number of rotatable bonds is 6. The van der Waals surface area contributed by atoms with Gasteiger partial charge in [0, 0.05) is 38.9 Å². The molecule has 1 saturated carbocycles. The van der Waals surface area contributed by atoms with Crippen LogP contribution in [0.2, 0.25) is 0 Å². The summed E-state index contributed by atoms with van der Waals surface area (Å²) in [5, 5.41) is 10.2. The minimum Gasteiger partial charge on any atom is -0.390 e. The van der Waals surface area contributed by atoms with E-state index in [2.05, 4.69) is 4.90 Å². The second-order valence-corrected chi connectivity index (χ2v) is 10.0. The molecule has 0 radical (unpaired) electrons. The molecular weight excluding hydrogens is 332 g/mol. The molecule has 24 heavy (non-hydrogen) atoms. The molecule has 0 aromatic heterocycles. The molecule has 7 nitrogen and oxygen atoms in total. The van der Waals surface area contributed by atoms with Gasteiger partial charge in [0.15, 0.2) is 0 Å². The predicted molar refractivity (Wildman–Crippen MR) is 89.4 cm³/mol. The molecule has 0 unspecified atom stereocenters. The number of aliphatic hydroxyl groups is 1. The molecule has 3 fully saturated rings. The average Bonchev–Trinajstić information content (AvgIpc) is 2.46. The highest BCUT2D eigenvalue weighted by Crippen LogP contribution is 2.36. The van der Waals surface area contributed by atoms with Crippen molar-refractivity contribution < 1.29 is 23.1 Å². The third-order valence-electron chi connectivity index (χ3n) is 5.49. The third-order valence-corrected chi connectivity index (χ3v) is 6.43. The van der Waals surface area contributed by atoms with Crippen molar-refractivity contribution in [3.05, 3.63) is 0 Å². The highest BCUT2D eigenvalue weighted by atomic mass is 32.2. The summed E-state index contributed by atoms with van der Waals surface area (Å²) in [5.41, 5.74) is -0.759. The fourth-order valence-corrected chi connectivity index (χ4v) is 4.35. The predicted octanol–water partition coefficient (Wildman–Crippen LogP) is -0.361. The van der Waals surface area contributed by atoms with E-state index in [1.807, 2.05) is 0 Å². The van der Waals surface area contributed by atoms with Crippen LogP contribution in [0.1, 0.15) is 32.1 Å². The van der Waals surface area contributed by atoms with E-state index in [-0.39, 0.29) is 23.7 Å². The summed E-state index contributed by atoms with van der Waals surface area (Å²) in [6.45, 7) is 3.99. The monoisotopic (exact) mass is 360 g/mol. The number of amides is 1. The van der Waals surface area contributed by atoms with E-state index in [1.54, 1.807) is 4.90 Å². The van der Waals surface area contributed by atoms with E-state index in [1.165, 1.54) is 0 Å². The zero-order valence-electron chi connectivity index (χ0n) is 14.4. The van der Waals surface area contributed by atoms with Gasteiger partial charge >= 0.3 is 0 Å². The number of nitrogens with zero attached hydrogens (tertiary/aromatic N) is 2. The van der Waals surface area contributed by atoms with E-state index in [4.69, 9.17) is 4.74 Å². The molecular formula is C16H28N2O5S. The number of carbonyl (C=O) groups excluding carboxylic acids is 1. The van der Waals surface area contributed by atoms with Gasteiger partial charge in [-0.15, -0.1) is 0 Å². The van der Waals surface area contributed by atoms with Gasteiger partial charge in [0.25, 0.3) is 0 Å². The van der Waals surface area contributed by atoms with Gasteiger partial charge in [0.1, 0.15) is 15.4 Å². The molecule has 0 bridgehead atoms. The summed E-state index contributed by atoms with van der Waals surface area (Å²) in [5.74, 6) is -0.203. The zero-order valence-corrected chi connectivity index (χ0v) is 15.2. The Labute approximate surface area is 143 Å². The van der Waals surface area contributed by atoms with Crippen LogP contribution < -0.4 is 0 Å². The van der Waals surface area contributed by atoms with Gasteiger partial charge in [-0.25, -0.2) is 8.42 Å². The van der Waals surface area contributed by atoms with Crippen molar-refractivity contribution in [2.75, 3.05) is 51.3 Å². The standard InChI is InChI=1S/C16H28N2O5S/c1-24(21,22)10-3-14(19)18-8-9-23-16(13-18)11-17(12-16)7-6-15(20)4-2-5-15/h20H,2-13H2,1H3. The highest BCUT2D eigenvalue weighted by molar-refractivity contribution is 7.90. The van der Waals surface area contributed by atoms with Gasteiger partial charge in [0.05, 0.1) is 24.5 Å². The summed E-state index contributed by atoms with van der Waals surface area (Å²) < 4.78 is 28.3. The first-order valence-corrected chi connectivity index (χ1v) is 10.8. The van der Waals surface area contributed by atoms with Crippen LogP contribution in [0.4, 0.5) is 0 Å². The number of ether oxygens (including phenoxy) is 1. The fraction of sp³-hybridized carbons (Fsp3) is 0.938. The molecule has 2 saturated heterocycles. The van der Waals surface area contributed by atoms with Gasteiger partial charge in [-0.3, -0.25) is 9.69 Å². The van der Waals surface area contributed by atoms with E-state index < -0.39 is 15.4 Å². The van der Waals surface area contributed by atoms with Gasteiger partial charge < -0.3 is 14.7 Å². The van der Waals surface area contributed by atoms with Crippen LogP contribution in [0.15, 0.2) is 0 Å². The number of morpholine rings is 1. The van der Waals surface area contributed by atoms with Crippen molar-refractivity contribution in [3.63, 3.8) is 0 Å². The minimum absolute atomic E-state index is 0.0473. The molecule has 1 amide bonds. The Kier molecular flexibility index (Phi) is 4.94. The van der Waals surface area contributed by atoms with Crippen molar-refractivity contribution in [2.24, 2.45) is 0 Å². The molecule has 1 spiro atoms. The average molecular weight is 360 g/mol. The second-order valence-electron chi connectivity index (χ2n) is 7.77. The van der Waals surface area contributed by atoms with E-state index >= 15 is 0 Å². The third kappa shape index (κ3) is 4.28. The van der Waals surface area contributed by atoms with Crippen molar-refractivity contribution in [3.8, 4) is 0 Å². The van der Waals surface area contributed by atoms with Crippen LogP contribution in [0.25, 0.3) is 0 Å². The first-order chi connectivity index (χ1) is 11.2. The van der Waals surface area contributed by atoms with Crippen LogP contribution in [0.3, 0.4) is 0 Å². The number of hydrogen-bond acceptors (Lipinski definition) is 6. The van der Waals surface area contributed by atoms with Crippen LogP contribution >= 0.6 is 0 Å². The number of likely N-dealkylation sites (tertiary alicyclic amines) is 1. The molecule has 2 heterocycles. The van der Waals surface area contributed by atoms with Crippen molar-refractivity contribution >= 4 is 15.7 Å². The van der Waals surface area contributed by atoms with Crippen molar-refractivity contribution in [1.29, 1.82) is 0 Å². The Morgan fingerprint density at radius 3 is 2.54 bits per heavy atom. The molecule has 2 aliphatic heterocycles. The molecule has 3 aliphatic rings. The van der Waals surface area contributed by atoms with Gasteiger partial charge in [-0.05, 0) is 25.7 Å². The fourth-order valence-electron chi connectivity index (χ4n) is 3.81. The van der Waals surface area contributed by atoms with Crippen LogP contribution in [0, 0.1) is 0 Å². The molecule has 8 heteroatoms. The number of carbonyl (C=O) groups is 1. The smallest absolute Gasteiger partial charge is 0.223 e.